The van der Waals surface area contributed by atoms with Crippen LogP contribution in [-0.2, 0) is 9.53 Å². The van der Waals surface area contributed by atoms with Gasteiger partial charge in [-0.15, -0.1) is 11.6 Å². The highest BCUT2D eigenvalue weighted by atomic mass is 35.5. The molecule has 0 aromatic rings. The van der Waals surface area contributed by atoms with Crippen LogP contribution >= 0.6 is 11.6 Å². The van der Waals surface area contributed by atoms with E-state index in [-0.39, 0.29) is 30.0 Å². The molecule has 2 aliphatic rings. The first-order valence-electron chi connectivity index (χ1n) is 8.17. The zero-order valence-electron chi connectivity index (χ0n) is 13.8. The van der Waals surface area contributed by atoms with Crippen LogP contribution in [0.1, 0.15) is 52.9 Å². The van der Waals surface area contributed by atoms with Crippen LogP contribution in [0.3, 0.4) is 0 Å². The second-order valence-corrected chi connectivity index (χ2v) is 7.50. The lowest BCUT2D eigenvalue weighted by Crippen LogP contribution is -2.52. The first-order valence-corrected chi connectivity index (χ1v) is 8.70. The molecule has 0 aromatic heterocycles. The van der Waals surface area contributed by atoms with Crippen LogP contribution in [0.2, 0.25) is 0 Å². The van der Waals surface area contributed by atoms with Crippen molar-refractivity contribution in [2.75, 3.05) is 19.0 Å². The molecule has 0 radical (unpaired) electrons. The van der Waals surface area contributed by atoms with Crippen LogP contribution in [0.4, 0.5) is 4.79 Å². The Bertz CT molecular complexity index is 418. The third kappa shape index (κ3) is 4.77. The molecule has 1 saturated heterocycles. The first-order chi connectivity index (χ1) is 10.3. The summed E-state index contributed by atoms with van der Waals surface area (Å²) in [6, 6.07) is 0.331. The van der Waals surface area contributed by atoms with Crippen molar-refractivity contribution in [2.24, 2.45) is 0 Å². The van der Waals surface area contributed by atoms with Crippen LogP contribution in [0.15, 0.2) is 0 Å². The number of nitrogens with zero attached hydrogens (tertiary/aromatic N) is 2. The van der Waals surface area contributed by atoms with Gasteiger partial charge in [-0.25, -0.2) is 4.79 Å². The third-order valence-electron chi connectivity index (χ3n) is 4.08. The number of piperidine rings is 1. The van der Waals surface area contributed by atoms with Gasteiger partial charge in [0, 0.05) is 25.2 Å². The molecule has 1 saturated carbocycles. The van der Waals surface area contributed by atoms with E-state index >= 15 is 0 Å². The molecule has 1 heterocycles. The number of ether oxygens (including phenoxy) is 1. The van der Waals surface area contributed by atoms with Crippen LogP contribution in [0.5, 0.6) is 0 Å². The average molecular weight is 331 g/mol. The molecular formula is C16H27ClN2O3. The molecule has 2 amide bonds. The Balaban J connectivity index is 2.03. The highest BCUT2D eigenvalue weighted by molar-refractivity contribution is 6.27. The fourth-order valence-electron chi connectivity index (χ4n) is 2.90. The topological polar surface area (TPSA) is 49.9 Å². The van der Waals surface area contributed by atoms with Gasteiger partial charge in [0.05, 0.1) is 0 Å². The number of halogens is 1. The molecule has 1 aliphatic heterocycles. The summed E-state index contributed by atoms with van der Waals surface area (Å²) in [5, 5.41) is 0. The van der Waals surface area contributed by atoms with Gasteiger partial charge in [0.2, 0.25) is 5.91 Å². The van der Waals surface area contributed by atoms with Crippen LogP contribution in [0.25, 0.3) is 0 Å². The van der Waals surface area contributed by atoms with Gasteiger partial charge in [-0.05, 0) is 52.9 Å². The van der Waals surface area contributed by atoms with Gasteiger partial charge in [0.1, 0.15) is 11.5 Å². The largest absolute Gasteiger partial charge is 0.444 e. The quantitative estimate of drug-likeness (QED) is 0.744. The number of amides is 2. The Morgan fingerprint density at radius 3 is 2.45 bits per heavy atom. The van der Waals surface area contributed by atoms with Gasteiger partial charge in [0.25, 0.3) is 0 Å². The number of likely N-dealkylation sites (tertiary alicyclic amines) is 1. The van der Waals surface area contributed by atoms with Crippen LogP contribution in [-0.4, -0.2) is 58.5 Å². The number of rotatable bonds is 4. The number of carbonyl (C=O) groups excluding carboxylic acids is 2. The minimum atomic E-state index is -0.498. The lowest BCUT2D eigenvalue weighted by atomic mass is 10.0. The van der Waals surface area contributed by atoms with Crippen molar-refractivity contribution in [3.8, 4) is 0 Å². The zero-order valence-corrected chi connectivity index (χ0v) is 14.6. The summed E-state index contributed by atoms with van der Waals surface area (Å²) < 4.78 is 5.52. The maximum atomic E-state index is 12.4. The Kier molecular flexibility index (Phi) is 5.59. The van der Waals surface area contributed by atoms with E-state index in [0.717, 1.165) is 38.6 Å². The second kappa shape index (κ2) is 7.07. The van der Waals surface area contributed by atoms with Crippen molar-refractivity contribution in [1.29, 1.82) is 0 Å². The van der Waals surface area contributed by atoms with E-state index in [2.05, 4.69) is 0 Å². The Morgan fingerprint density at radius 1 is 1.23 bits per heavy atom. The van der Waals surface area contributed by atoms with Crippen molar-refractivity contribution in [3.63, 3.8) is 0 Å². The summed E-state index contributed by atoms with van der Waals surface area (Å²) in [5.74, 6) is -0.0295. The highest BCUT2D eigenvalue weighted by Gasteiger charge is 2.38. The summed E-state index contributed by atoms with van der Waals surface area (Å²) in [6.07, 6.45) is 4.80. The molecule has 2 fully saturated rings. The molecule has 22 heavy (non-hydrogen) atoms. The lowest BCUT2D eigenvalue weighted by Gasteiger charge is -2.39. The molecule has 0 unspecified atom stereocenters. The summed E-state index contributed by atoms with van der Waals surface area (Å²) in [4.78, 5) is 28.1. The zero-order chi connectivity index (χ0) is 16.3. The summed E-state index contributed by atoms with van der Waals surface area (Å²) >= 11 is 5.72. The van der Waals surface area contributed by atoms with Crippen molar-refractivity contribution in [2.45, 2.75) is 70.6 Å². The van der Waals surface area contributed by atoms with E-state index < -0.39 is 5.60 Å². The number of hydrogen-bond donors (Lipinski definition) is 0. The van der Waals surface area contributed by atoms with Crippen LogP contribution in [0, 0.1) is 0 Å². The number of hydrogen-bond acceptors (Lipinski definition) is 3. The molecule has 6 heteroatoms. The van der Waals surface area contributed by atoms with Gasteiger partial charge in [0.15, 0.2) is 0 Å². The minimum Gasteiger partial charge on any atom is -0.444 e. The van der Waals surface area contributed by atoms with Crippen molar-refractivity contribution in [1.82, 2.24) is 9.80 Å². The van der Waals surface area contributed by atoms with Gasteiger partial charge in [-0.3, -0.25) is 4.79 Å². The van der Waals surface area contributed by atoms with E-state index in [0.29, 0.717) is 6.54 Å². The second-order valence-electron chi connectivity index (χ2n) is 7.23. The predicted octanol–water partition coefficient (Wildman–Crippen LogP) is 3.01. The predicted molar refractivity (Wildman–Crippen MR) is 86.0 cm³/mol. The Hall–Kier alpha value is -0.970. The average Bonchev–Trinajstić information content (AvgIpc) is 3.26. The van der Waals surface area contributed by atoms with Gasteiger partial charge in [-0.2, -0.15) is 0 Å². The van der Waals surface area contributed by atoms with Crippen LogP contribution < -0.4 is 0 Å². The molecule has 0 aromatic carbocycles. The van der Waals surface area contributed by atoms with Gasteiger partial charge < -0.3 is 14.5 Å². The van der Waals surface area contributed by atoms with Crippen molar-refractivity contribution in [3.05, 3.63) is 0 Å². The fraction of sp³-hybridized carbons (Fsp3) is 0.875. The maximum absolute atomic E-state index is 12.4. The monoisotopic (exact) mass is 330 g/mol. The molecule has 1 aliphatic carbocycles. The van der Waals surface area contributed by atoms with E-state index in [4.69, 9.17) is 16.3 Å². The van der Waals surface area contributed by atoms with Crippen molar-refractivity contribution < 1.29 is 14.3 Å². The van der Waals surface area contributed by atoms with Gasteiger partial charge >= 0.3 is 6.09 Å². The molecular weight excluding hydrogens is 304 g/mol. The number of carbonyl (C=O) groups is 2. The van der Waals surface area contributed by atoms with E-state index in [1.54, 1.807) is 0 Å². The summed E-state index contributed by atoms with van der Waals surface area (Å²) in [5.41, 5.74) is -0.498. The SMILES string of the molecule is CC(C)(C)OC(=O)N(C[C@@H]1CCCCN1C(=O)CCl)C1CC1. The summed E-state index contributed by atoms with van der Waals surface area (Å²) in [6.45, 7) is 6.92. The lowest BCUT2D eigenvalue weighted by molar-refractivity contribution is -0.132. The Morgan fingerprint density at radius 2 is 1.91 bits per heavy atom. The van der Waals surface area contributed by atoms with Crippen molar-refractivity contribution >= 4 is 23.6 Å². The fourth-order valence-corrected chi connectivity index (χ4v) is 3.06. The first kappa shape index (κ1) is 17.4. The third-order valence-corrected chi connectivity index (χ3v) is 4.31. The molecule has 0 N–H and O–H groups in total. The molecule has 1 atom stereocenters. The van der Waals surface area contributed by atoms with E-state index in [1.807, 2.05) is 30.6 Å². The normalized spacial score (nSPS) is 22.4. The van der Waals surface area contributed by atoms with E-state index in [9.17, 15) is 9.59 Å². The minimum absolute atomic E-state index is 0.00632. The molecule has 0 spiro atoms. The molecule has 126 valence electrons. The Labute approximate surface area is 137 Å². The molecule has 5 nitrogen and oxygen atoms in total. The highest BCUT2D eigenvalue weighted by Crippen LogP contribution is 2.30. The smallest absolute Gasteiger partial charge is 0.410 e. The maximum Gasteiger partial charge on any atom is 0.410 e. The van der Waals surface area contributed by atoms with Gasteiger partial charge in [-0.1, -0.05) is 0 Å². The summed E-state index contributed by atoms with van der Waals surface area (Å²) in [7, 11) is 0. The standard InChI is InChI=1S/C16H27ClN2O3/c1-16(2,3)22-15(21)19(12-7-8-12)11-13-6-4-5-9-18(13)14(20)10-17/h12-13H,4-11H2,1-3H3/t13-/m0/s1. The molecule has 2 rings (SSSR count). The van der Waals surface area contributed by atoms with E-state index in [1.165, 1.54) is 0 Å². The molecule has 0 bridgehead atoms. The number of alkyl halides is 1.